The topological polar surface area (TPSA) is 50.8 Å². The van der Waals surface area contributed by atoms with E-state index in [9.17, 15) is 4.79 Å². The first kappa shape index (κ1) is 12.3. The number of hydrogen-bond donors (Lipinski definition) is 1. The van der Waals surface area contributed by atoms with E-state index in [4.69, 9.17) is 0 Å². The first-order valence-corrected chi connectivity index (χ1v) is 6.09. The van der Waals surface area contributed by atoms with Crippen molar-refractivity contribution in [3.8, 4) is 0 Å². The molecule has 0 aliphatic carbocycles. The predicted molar refractivity (Wildman–Crippen MR) is 67.5 cm³/mol. The van der Waals surface area contributed by atoms with E-state index in [1.54, 1.807) is 29.5 Å². The molecule has 0 saturated heterocycles. The molecular weight excluding hydrogens is 228 g/mol. The van der Waals surface area contributed by atoms with Crippen LogP contribution in [0.15, 0.2) is 43.0 Å². The number of rotatable bonds is 5. The van der Waals surface area contributed by atoms with Crippen LogP contribution in [0.3, 0.4) is 0 Å². The molecule has 5 heteroatoms. The second-order valence-electron chi connectivity index (χ2n) is 4.08. The molecule has 0 spiro atoms. The quantitative estimate of drug-likeness (QED) is 0.808. The van der Waals surface area contributed by atoms with Crippen LogP contribution in [-0.2, 0) is 6.54 Å². The minimum Gasteiger partial charge on any atom is -0.266 e. The number of unbranched alkanes of at least 4 members (excludes halogenated alkanes) is 1. The zero-order chi connectivity index (χ0) is 12.8. The molecule has 5 nitrogen and oxygen atoms in total. The van der Waals surface area contributed by atoms with Crippen molar-refractivity contribution in [2.24, 2.45) is 0 Å². The Hall–Kier alpha value is -2.17. The Kier molecular flexibility index (Phi) is 4.06. The standard InChI is InChI=1S/C13H16N4O/c1-2-3-9-16-11-17(10-14-16)15-13(18)12-7-5-4-6-8-12/h4-8,10-11H,2-3,9H2,1H3/p+1. The molecule has 1 N–H and O–H groups in total. The van der Waals surface area contributed by atoms with Crippen molar-refractivity contribution in [2.75, 3.05) is 5.43 Å². The van der Waals surface area contributed by atoms with Gasteiger partial charge in [0.1, 0.15) is 6.54 Å². The SMILES string of the molecule is CCCCn1c[n+](NC(=O)c2ccccc2)cn1. The number of aromatic nitrogens is 3. The molecule has 0 radical (unpaired) electrons. The van der Waals surface area contributed by atoms with Crippen molar-refractivity contribution in [3.63, 3.8) is 0 Å². The Morgan fingerprint density at radius 2 is 2.17 bits per heavy atom. The van der Waals surface area contributed by atoms with Crippen molar-refractivity contribution in [1.29, 1.82) is 0 Å². The molecule has 0 bridgehead atoms. The summed E-state index contributed by atoms with van der Waals surface area (Å²) in [6, 6.07) is 9.11. The van der Waals surface area contributed by atoms with Gasteiger partial charge in [-0.05, 0) is 18.6 Å². The van der Waals surface area contributed by atoms with E-state index in [2.05, 4.69) is 17.4 Å². The van der Waals surface area contributed by atoms with Gasteiger partial charge in [-0.25, -0.2) is 5.43 Å². The molecule has 0 unspecified atom stereocenters. The van der Waals surface area contributed by atoms with E-state index >= 15 is 0 Å². The fourth-order valence-electron chi connectivity index (χ4n) is 1.59. The minimum absolute atomic E-state index is 0.143. The number of nitrogens with zero attached hydrogens (tertiary/aromatic N) is 3. The van der Waals surface area contributed by atoms with Crippen molar-refractivity contribution in [3.05, 3.63) is 48.5 Å². The van der Waals surface area contributed by atoms with Crippen LogP contribution >= 0.6 is 0 Å². The van der Waals surface area contributed by atoms with Gasteiger partial charge in [0.05, 0.1) is 0 Å². The van der Waals surface area contributed by atoms with Crippen LogP contribution in [0.1, 0.15) is 30.1 Å². The van der Waals surface area contributed by atoms with Crippen LogP contribution in [0, 0.1) is 0 Å². The molecule has 1 aromatic carbocycles. The molecule has 2 rings (SSSR count). The Morgan fingerprint density at radius 3 is 2.89 bits per heavy atom. The third kappa shape index (κ3) is 3.16. The van der Waals surface area contributed by atoms with Crippen molar-refractivity contribution < 1.29 is 9.47 Å². The third-order valence-electron chi connectivity index (χ3n) is 2.59. The molecule has 1 heterocycles. The summed E-state index contributed by atoms with van der Waals surface area (Å²) in [5.41, 5.74) is 3.38. The highest BCUT2D eigenvalue weighted by Crippen LogP contribution is 1.97. The number of aryl methyl sites for hydroxylation is 1. The average Bonchev–Trinajstić information content (AvgIpc) is 2.85. The van der Waals surface area contributed by atoms with Gasteiger partial charge in [-0.3, -0.25) is 4.79 Å². The fraction of sp³-hybridized carbons (Fsp3) is 0.308. The smallest absolute Gasteiger partial charge is 0.266 e. The minimum atomic E-state index is -0.143. The lowest BCUT2D eigenvalue weighted by atomic mass is 10.2. The summed E-state index contributed by atoms with van der Waals surface area (Å²) in [5, 5.41) is 4.17. The lowest BCUT2D eigenvalue weighted by molar-refractivity contribution is -0.642. The molecule has 2 aromatic rings. The zero-order valence-corrected chi connectivity index (χ0v) is 10.4. The van der Waals surface area contributed by atoms with Crippen molar-refractivity contribution in [1.82, 2.24) is 9.78 Å². The number of carbonyl (C=O) groups is 1. The Labute approximate surface area is 106 Å². The van der Waals surface area contributed by atoms with Gasteiger partial charge in [0, 0.05) is 10.7 Å². The normalized spacial score (nSPS) is 10.3. The van der Waals surface area contributed by atoms with Gasteiger partial charge in [0.25, 0.3) is 12.2 Å². The van der Waals surface area contributed by atoms with Gasteiger partial charge < -0.3 is 0 Å². The monoisotopic (exact) mass is 245 g/mol. The summed E-state index contributed by atoms with van der Waals surface area (Å²) in [6.07, 6.45) is 5.57. The Balaban J connectivity index is 1.97. The second-order valence-corrected chi connectivity index (χ2v) is 4.08. The second kappa shape index (κ2) is 5.95. The highest BCUT2D eigenvalue weighted by molar-refractivity contribution is 5.98. The van der Waals surface area contributed by atoms with Crippen molar-refractivity contribution in [2.45, 2.75) is 26.3 Å². The molecule has 0 aliphatic heterocycles. The highest BCUT2D eigenvalue weighted by Gasteiger charge is 2.10. The molecule has 0 aliphatic rings. The molecule has 94 valence electrons. The molecular formula is C13H17N4O+. The summed E-state index contributed by atoms with van der Waals surface area (Å²) in [5.74, 6) is -0.143. The lowest BCUT2D eigenvalue weighted by Crippen LogP contribution is -2.46. The molecule has 0 atom stereocenters. The van der Waals surface area contributed by atoms with E-state index < -0.39 is 0 Å². The summed E-state index contributed by atoms with van der Waals surface area (Å²) < 4.78 is 3.39. The van der Waals surface area contributed by atoms with Gasteiger partial charge in [-0.2, -0.15) is 0 Å². The number of carbonyl (C=O) groups excluding carboxylic acids is 1. The summed E-state index contributed by atoms with van der Waals surface area (Å²) in [6.45, 7) is 3.00. The van der Waals surface area contributed by atoms with Crippen LogP contribution in [0.4, 0.5) is 0 Å². The van der Waals surface area contributed by atoms with E-state index in [0.29, 0.717) is 5.56 Å². The van der Waals surface area contributed by atoms with Crippen LogP contribution in [0.2, 0.25) is 0 Å². The van der Waals surface area contributed by atoms with Gasteiger partial charge in [0.2, 0.25) is 6.33 Å². The van der Waals surface area contributed by atoms with Crippen LogP contribution in [0.5, 0.6) is 0 Å². The first-order valence-electron chi connectivity index (χ1n) is 6.09. The predicted octanol–water partition coefficient (Wildman–Crippen LogP) is 1.35. The van der Waals surface area contributed by atoms with Gasteiger partial charge in [-0.15, -0.1) is 9.36 Å². The van der Waals surface area contributed by atoms with Gasteiger partial charge in [-0.1, -0.05) is 31.5 Å². The van der Waals surface area contributed by atoms with Crippen LogP contribution in [-0.4, -0.2) is 15.7 Å². The average molecular weight is 245 g/mol. The molecule has 0 saturated carbocycles. The van der Waals surface area contributed by atoms with Crippen LogP contribution in [0.25, 0.3) is 0 Å². The third-order valence-corrected chi connectivity index (χ3v) is 2.59. The maximum absolute atomic E-state index is 11.9. The van der Waals surface area contributed by atoms with Gasteiger partial charge in [0.15, 0.2) is 0 Å². The maximum atomic E-state index is 11.9. The number of amides is 1. The summed E-state index contributed by atoms with van der Waals surface area (Å²) in [4.78, 5) is 11.9. The zero-order valence-electron chi connectivity index (χ0n) is 10.4. The van der Waals surface area contributed by atoms with E-state index in [0.717, 1.165) is 19.4 Å². The van der Waals surface area contributed by atoms with Crippen LogP contribution < -0.4 is 10.1 Å². The Morgan fingerprint density at radius 1 is 1.39 bits per heavy atom. The summed E-state index contributed by atoms with van der Waals surface area (Å²) in [7, 11) is 0. The van der Waals surface area contributed by atoms with Crippen molar-refractivity contribution >= 4 is 5.91 Å². The molecule has 1 amide bonds. The molecule has 0 fully saturated rings. The highest BCUT2D eigenvalue weighted by atomic mass is 16.2. The van der Waals surface area contributed by atoms with E-state index in [-0.39, 0.29) is 5.91 Å². The molecule has 18 heavy (non-hydrogen) atoms. The number of benzene rings is 1. The summed E-state index contributed by atoms with van der Waals surface area (Å²) >= 11 is 0. The fourth-order valence-corrected chi connectivity index (χ4v) is 1.59. The Bertz CT molecular complexity index is 507. The number of hydrogen-bond acceptors (Lipinski definition) is 2. The number of nitrogens with one attached hydrogen (secondary N) is 1. The largest absolute Gasteiger partial charge is 0.287 e. The van der Waals surface area contributed by atoms with Gasteiger partial charge >= 0.3 is 0 Å². The maximum Gasteiger partial charge on any atom is 0.287 e. The van der Waals surface area contributed by atoms with E-state index in [1.165, 1.54) is 0 Å². The van der Waals surface area contributed by atoms with E-state index in [1.807, 2.05) is 22.9 Å². The molecule has 1 aromatic heterocycles. The first-order chi connectivity index (χ1) is 8.79. The lowest BCUT2D eigenvalue weighted by Gasteiger charge is -1.99.